The molecule has 0 fully saturated rings. The fourth-order valence-electron chi connectivity index (χ4n) is 2.71. The summed E-state index contributed by atoms with van der Waals surface area (Å²) in [5, 5.41) is 11.0. The molecule has 1 aromatic heterocycles. The molecular weight excluding hydrogens is 390 g/mol. The first kappa shape index (κ1) is 20.7. The van der Waals surface area contributed by atoms with Crippen molar-refractivity contribution in [3.05, 3.63) is 53.6 Å². The second-order valence-electron chi connectivity index (χ2n) is 6.36. The Hall–Kier alpha value is -3.00. The molecular formula is C21H23N3O4S. The van der Waals surface area contributed by atoms with Gasteiger partial charge in [-0.1, -0.05) is 36.0 Å². The van der Waals surface area contributed by atoms with Gasteiger partial charge in [-0.05, 0) is 43.2 Å². The van der Waals surface area contributed by atoms with E-state index in [0.29, 0.717) is 29.2 Å². The first-order valence-electron chi connectivity index (χ1n) is 9.06. The topological polar surface area (TPSA) is 86.5 Å². The maximum Gasteiger partial charge on any atom is 0.277 e. The number of hydrogen-bond donors (Lipinski definition) is 1. The van der Waals surface area contributed by atoms with Crippen molar-refractivity contribution in [1.82, 2.24) is 15.5 Å². The summed E-state index contributed by atoms with van der Waals surface area (Å²) in [5.74, 6) is 1.59. The van der Waals surface area contributed by atoms with Crippen molar-refractivity contribution in [2.75, 3.05) is 14.2 Å². The zero-order chi connectivity index (χ0) is 20.8. The lowest BCUT2D eigenvalue weighted by molar-refractivity contribution is -0.120. The SMILES string of the molecule is COc1ccc(CNC(=O)[C@@H](C)Sc2nnc(-c3ccccc3C)o2)cc1OC. The molecule has 0 aliphatic rings. The number of ether oxygens (including phenoxy) is 2. The van der Waals surface area contributed by atoms with Gasteiger partial charge < -0.3 is 19.2 Å². The summed E-state index contributed by atoms with van der Waals surface area (Å²) in [4.78, 5) is 12.5. The predicted octanol–water partition coefficient (Wildman–Crippen LogP) is 3.86. The van der Waals surface area contributed by atoms with Crippen LogP contribution in [0.3, 0.4) is 0 Å². The smallest absolute Gasteiger partial charge is 0.277 e. The molecule has 1 N–H and O–H groups in total. The van der Waals surface area contributed by atoms with Gasteiger partial charge in [0.25, 0.3) is 5.22 Å². The zero-order valence-corrected chi connectivity index (χ0v) is 17.6. The van der Waals surface area contributed by atoms with E-state index in [1.165, 1.54) is 11.8 Å². The van der Waals surface area contributed by atoms with E-state index >= 15 is 0 Å². The molecule has 8 heteroatoms. The van der Waals surface area contributed by atoms with Crippen molar-refractivity contribution >= 4 is 17.7 Å². The summed E-state index contributed by atoms with van der Waals surface area (Å²) >= 11 is 1.22. The van der Waals surface area contributed by atoms with Crippen molar-refractivity contribution in [2.24, 2.45) is 0 Å². The lowest BCUT2D eigenvalue weighted by Gasteiger charge is -2.12. The molecule has 1 atom stereocenters. The first-order valence-corrected chi connectivity index (χ1v) is 9.94. The maximum absolute atomic E-state index is 12.5. The predicted molar refractivity (Wildman–Crippen MR) is 111 cm³/mol. The molecule has 0 aliphatic carbocycles. The van der Waals surface area contributed by atoms with Crippen LogP contribution in [-0.4, -0.2) is 35.6 Å². The van der Waals surface area contributed by atoms with Crippen molar-refractivity contribution in [1.29, 1.82) is 0 Å². The minimum absolute atomic E-state index is 0.125. The molecule has 1 heterocycles. The molecule has 0 unspecified atom stereocenters. The standard InChI is InChI=1S/C21H23N3O4S/c1-13-7-5-6-8-16(13)20-23-24-21(28-20)29-14(2)19(25)22-12-15-9-10-17(26-3)18(11-15)27-4/h5-11,14H,12H2,1-4H3,(H,22,25)/t14-/m1/s1. The van der Waals surface area contributed by atoms with Gasteiger partial charge in [0, 0.05) is 12.1 Å². The van der Waals surface area contributed by atoms with Gasteiger partial charge in [-0.3, -0.25) is 4.79 Å². The van der Waals surface area contributed by atoms with Gasteiger partial charge in [-0.25, -0.2) is 0 Å². The minimum atomic E-state index is -0.389. The third-order valence-electron chi connectivity index (χ3n) is 4.34. The number of amides is 1. The molecule has 152 valence electrons. The van der Waals surface area contributed by atoms with Gasteiger partial charge in [0.15, 0.2) is 11.5 Å². The van der Waals surface area contributed by atoms with Crippen molar-refractivity contribution in [2.45, 2.75) is 30.9 Å². The van der Waals surface area contributed by atoms with E-state index in [1.807, 2.05) is 49.4 Å². The lowest BCUT2D eigenvalue weighted by atomic mass is 10.1. The van der Waals surface area contributed by atoms with E-state index in [0.717, 1.165) is 16.7 Å². The number of carbonyl (C=O) groups is 1. The number of aromatic nitrogens is 2. The number of nitrogens with zero attached hydrogens (tertiary/aromatic N) is 2. The van der Waals surface area contributed by atoms with Crippen molar-refractivity contribution in [3.63, 3.8) is 0 Å². The molecule has 0 aliphatic heterocycles. The summed E-state index contributed by atoms with van der Waals surface area (Å²) in [6.45, 7) is 4.16. The maximum atomic E-state index is 12.5. The van der Waals surface area contributed by atoms with E-state index in [1.54, 1.807) is 21.1 Å². The second kappa shape index (κ2) is 9.47. The third kappa shape index (κ3) is 5.08. The minimum Gasteiger partial charge on any atom is -0.493 e. The highest BCUT2D eigenvalue weighted by Gasteiger charge is 2.19. The van der Waals surface area contributed by atoms with Gasteiger partial charge in [0.1, 0.15) is 0 Å². The van der Waals surface area contributed by atoms with E-state index in [9.17, 15) is 4.79 Å². The molecule has 0 bridgehead atoms. The van der Waals surface area contributed by atoms with Crippen LogP contribution in [0.15, 0.2) is 52.1 Å². The summed E-state index contributed by atoms with van der Waals surface area (Å²) in [7, 11) is 3.16. The van der Waals surface area contributed by atoms with Gasteiger partial charge in [0.05, 0.1) is 19.5 Å². The molecule has 2 aromatic carbocycles. The van der Waals surface area contributed by atoms with Crippen LogP contribution in [0.25, 0.3) is 11.5 Å². The molecule has 3 aromatic rings. The first-order chi connectivity index (χ1) is 14.0. The third-order valence-corrected chi connectivity index (χ3v) is 5.28. The Balaban J connectivity index is 1.58. The Bertz CT molecular complexity index is 990. The molecule has 0 spiro atoms. The van der Waals surface area contributed by atoms with Crippen LogP contribution in [0.4, 0.5) is 0 Å². The Morgan fingerprint density at radius 1 is 1.14 bits per heavy atom. The number of carbonyl (C=O) groups excluding carboxylic acids is 1. The molecule has 1 amide bonds. The molecule has 3 rings (SSSR count). The quantitative estimate of drug-likeness (QED) is 0.561. The van der Waals surface area contributed by atoms with Crippen LogP contribution in [0.5, 0.6) is 11.5 Å². The van der Waals surface area contributed by atoms with E-state index < -0.39 is 0 Å². The van der Waals surface area contributed by atoms with E-state index in [4.69, 9.17) is 13.9 Å². The zero-order valence-electron chi connectivity index (χ0n) is 16.8. The van der Waals surface area contributed by atoms with Gasteiger partial charge in [-0.15, -0.1) is 10.2 Å². The summed E-state index contributed by atoms with van der Waals surface area (Å²) in [6.07, 6.45) is 0. The summed E-state index contributed by atoms with van der Waals surface area (Å²) in [6, 6.07) is 13.3. The van der Waals surface area contributed by atoms with Gasteiger partial charge in [-0.2, -0.15) is 0 Å². The van der Waals surface area contributed by atoms with Gasteiger partial charge in [0.2, 0.25) is 11.8 Å². The van der Waals surface area contributed by atoms with Crippen LogP contribution >= 0.6 is 11.8 Å². The van der Waals surface area contributed by atoms with Gasteiger partial charge >= 0.3 is 0 Å². The Morgan fingerprint density at radius 3 is 2.62 bits per heavy atom. The average Bonchev–Trinajstić information content (AvgIpc) is 3.20. The second-order valence-corrected chi connectivity index (χ2v) is 7.65. The highest BCUT2D eigenvalue weighted by atomic mass is 32.2. The Morgan fingerprint density at radius 2 is 1.90 bits per heavy atom. The van der Waals surface area contributed by atoms with Crippen LogP contribution < -0.4 is 14.8 Å². The number of benzene rings is 2. The summed E-state index contributed by atoms with van der Waals surface area (Å²) < 4.78 is 16.2. The number of hydrogen-bond acceptors (Lipinski definition) is 7. The largest absolute Gasteiger partial charge is 0.493 e. The molecule has 0 saturated heterocycles. The fraction of sp³-hybridized carbons (Fsp3) is 0.286. The molecule has 7 nitrogen and oxygen atoms in total. The normalized spacial score (nSPS) is 11.7. The van der Waals surface area contributed by atoms with Crippen LogP contribution in [0.1, 0.15) is 18.1 Å². The Labute approximate surface area is 173 Å². The number of rotatable bonds is 8. The van der Waals surface area contributed by atoms with Crippen molar-refractivity contribution in [3.8, 4) is 23.0 Å². The van der Waals surface area contributed by atoms with Crippen LogP contribution in [0.2, 0.25) is 0 Å². The van der Waals surface area contributed by atoms with Crippen LogP contribution in [0, 0.1) is 6.92 Å². The number of aryl methyl sites for hydroxylation is 1. The van der Waals surface area contributed by atoms with E-state index in [-0.39, 0.29) is 11.2 Å². The number of nitrogens with one attached hydrogen (secondary N) is 1. The number of thioether (sulfide) groups is 1. The number of methoxy groups -OCH3 is 2. The van der Waals surface area contributed by atoms with E-state index in [2.05, 4.69) is 15.5 Å². The molecule has 0 radical (unpaired) electrons. The Kier molecular flexibility index (Phi) is 6.77. The average molecular weight is 413 g/mol. The highest BCUT2D eigenvalue weighted by molar-refractivity contribution is 8.00. The monoisotopic (exact) mass is 413 g/mol. The van der Waals surface area contributed by atoms with Crippen molar-refractivity contribution < 1.29 is 18.7 Å². The molecule has 29 heavy (non-hydrogen) atoms. The lowest BCUT2D eigenvalue weighted by Crippen LogP contribution is -2.30. The highest BCUT2D eigenvalue weighted by Crippen LogP contribution is 2.29. The molecule has 0 saturated carbocycles. The van der Waals surface area contributed by atoms with Crippen LogP contribution in [-0.2, 0) is 11.3 Å². The summed E-state index contributed by atoms with van der Waals surface area (Å²) in [5.41, 5.74) is 2.85. The fourth-order valence-corrected chi connectivity index (χ4v) is 3.42.